The fourth-order valence-corrected chi connectivity index (χ4v) is 4.19. The molecule has 2 N–H and O–H groups in total. The first-order valence-electron chi connectivity index (χ1n) is 13.0. The minimum absolute atomic E-state index is 0.0466. The average Bonchev–Trinajstić information content (AvgIpc) is 2.88. The molecule has 7 heteroatoms. The number of halogens is 1. The van der Waals surface area contributed by atoms with E-state index in [1.54, 1.807) is 6.07 Å². The highest BCUT2D eigenvalue weighted by Crippen LogP contribution is 2.21. The van der Waals surface area contributed by atoms with Gasteiger partial charge >= 0.3 is 0 Å². The van der Waals surface area contributed by atoms with Crippen molar-refractivity contribution in [2.75, 3.05) is 38.1 Å². The zero-order chi connectivity index (χ0) is 26.1. The lowest BCUT2D eigenvalue weighted by Crippen LogP contribution is -2.26. The number of benzene rings is 2. The van der Waals surface area contributed by atoms with E-state index in [2.05, 4.69) is 50.0 Å². The Balaban J connectivity index is 1.91. The van der Waals surface area contributed by atoms with Gasteiger partial charge in [-0.25, -0.2) is 9.37 Å². The number of nitrogens with one attached hydrogen (secondary N) is 1. The van der Waals surface area contributed by atoms with E-state index in [9.17, 15) is 14.3 Å². The molecule has 0 aliphatic carbocycles. The van der Waals surface area contributed by atoms with Gasteiger partial charge in [-0.1, -0.05) is 58.0 Å². The normalized spacial score (nSPS) is 11.9. The van der Waals surface area contributed by atoms with E-state index in [0.717, 1.165) is 31.6 Å². The summed E-state index contributed by atoms with van der Waals surface area (Å²) in [5.41, 5.74) is 2.74. The summed E-state index contributed by atoms with van der Waals surface area (Å²) in [4.78, 5) is 20.3. The maximum absolute atomic E-state index is 14.9. The molecule has 0 amide bonds. The largest absolute Gasteiger partial charge is 0.396 e. The zero-order valence-electron chi connectivity index (χ0n) is 21.9. The van der Waals surface area contributed by atoms with Crippen LogP contribution in [0.2, 0.25) is 0 Å². The molecular weight excluding hydrogens is 455 g/mol. The summed E-state index contributed by atoms with van der Waals surface area (Å²) >= 11 is 0. The number of aliphatic hydroxyl groups excluding tert-OH is 1. The molecule has 0 bridgehead atoms. The third-order valence-corrected chi connectivity index (χ3v) is 6.50. The Bertz CT molecular complexity index is 1210. The molecule has 1 aromatic heterocycles. The second-order valence-electron chi connectivity index (χ2n) is 9.32. The van der Waals surface area contributed by atoms with Crippen LogP contribution in [0.25, 0.3) is 23.1 Å². The average molecular weight is 495 g/mol. The van der Waals surface area contributed by atoms with E-state index in [4.69, 9.17) is 4.98 Å². The summed E-state index contributed by atoms with van der Waals surface area (Å²) in [6, 6.07) is 11.2. The lowest BCUT2D eigenvalue weighted by atomic mass is 10.0. The number of anilines is 1. The van der Waals surface area contributed by atoms with Crippen LogP contribution < -0.4 is 10.9 Å². The summed E-state index contributed by atoms with van der Waals surface area (Å²) in [6.45, 7) is 12.4. The summed E-state index contributed by atoms with van der Waals surface area (Å²) in [5.74, 6) is 0.466. The Hall–Kier alpha value is -3.03. The Morgan fingerprint density at radius 1 is 1.11 bits per heavy atom. The predicted molar refractivity (Wildman–Crippen MR) is 148 cm³/mol. The van der Waals surface area contributed by atoms with Crippen molar-refractivity contribution in [1.82, 2.24) is 14.5 Å². The number of hydrogen-bond acceptors (Lipinski definition) is 5. The van der Waals surface area contributed by atoms with Crippen molar-refractivity contribution in [1.29, 1.82) is 0 Å². The number of fused-ring (bicyclic) bond motifs is 1. The number of aliphatic hydroxyl groups is 1. The second kappa shape index (κ2) is 13.3. The molecule has 0 radical (unpaired) electrons. The highest BCUT2D eigenvalue weighted by Gasteiger charge is 2.13. The molecule has 2 aromatic carbocycles. The van der Waals surface area contributed by atoms with Crippen LogP contribution in [0.3, 0.4) is 0 Å². The molecule has 36 heavy (non-hydrogen) atoms. The predicted octanol–water partition coefficient (Wildman–Crippen LogP) is 5.36. The van der Waals surface area contributed by atoms with Crippen LogP contribution in [0.5, 0.6) is 0 Å². The summed E-state index contributed by atoms with van der Waals surface area (Å²) in [5, 5.41) is 12.7. The van der Waals surface area contributed by atoms with Crippen molar-refractivity contribution >= 4 is 28.7 Å². The monoisotopic (exact) mass is 494 g/mol. The molecule has 0 unspecified atom stereocenters. The first-order valence-corrected chi connectivity index (χ1v) is 13.0. The van der Waals surface area contributed by atoms with Crippen molar-refractivity contribution in [3.63, 3.8) is 0 Å². The van der Waals surface area contributed by atoms with Crippen LogP contribution in [-0.4, -0.2) is 52.3 Å². The molecule has 0 fully saturated rings. The molecule has 1 heterocycles. The fraction of sp³-hybridized carbons (Fsp3) is 0.448. The highest BCUT2D eigenvalue weighted by molar-refractivity contribution is 5.83. The van der Waals surface area contributed by atoms with Crippen molar-refractivity contribution < 1.29 is 9.50 Å². The maximum atomic E-state index is 14.9. The Morgan fingerprint density at radius 3 is 2.47 bits per heavy atom. The van der Waals surface area contributed by atoms with E-state index in [1.807, 2.05) is 24.3 Å². The van der Waals surface area contributed by atoms with Crippen LogP contribution in [0.15, 0.2) is 41.2 Å². The second-order valence-corrected chi connectivity index (χ2v) is 9.32. The molecule has 3 rings (SSSR count). The molecule has 3 aromatic rings. The quantitative estimate of drug-likeness (QED) is 0.313. The van der Waals surface area contributed by atoms with Crippen molar-refractivity contribution in [3.8, 4) is 0 Å². The first-order chi connectivity index (χ1) is 17.4. The van der Waals surface area contributed by atoms with E-state index in [0.29, 0.717) is 42.5 Å². The number of rotatable bonds is 13. The Kier molecular flexibility index (Phi) is 10.2. The van der Waals surface area contributed by atoms with Gasteiger partial charge in [-0.3, -0.25) is 9.36 Å². The molecule has 0 aliphatic heterocycles. The molecule has 194 valence electrons. The third kappa shape index (κ3) is 7.02. The molecule has 0 spiro atoms. The molecule has 0 saturated carbocycles. The molecule has 0 saturated heterocycles. The van der Waals surface area contributed by atoms with Crippen LogP contribution in [-0.2, 0) is 6.54 Å². The van der Waals surface area contributed by atoms with E-state index in [-0.39, 0.29) is 17.6 Å². The van der Waals surface area contributed by atoms with Gasteiger partial charge in [0.15, 0.2) is 0 Å². The number of nitrogens with zero attached hydrogens (tertiary/aromatic N) is 3. The smallest absolute Gasteiger partial charge is 0.261 e. The van der Waals surface area contributed by atoms with Crippen molar-refractivity contribution in [2.24, 2.45) is 0 Å². The summed E-state index contributed by atoms with van der Waals surface area (Å²) < 4.78 is 16.4. The first kappa shape index (κ1) is 27.6. The van der Waals surface area contributed by atoms with Gasteiger partial charge in [-0.15, -0.1) is 0 Å². The number of aromatic nitrogens is 2. The summed E-state index contributed by atoms with van der Waals surface area (Å²) in [7, 11) is 0. The van der Waals surface area contributed by atoms with Crippen LogP contribution in [0.1, 0.15) is 63.4 Å². The standard InChI is InChI=1S/C29H39FN4O2/c1-5-33(6-2)16-7-15-31-27-20-26-24(19-25(27)30)29(36)34(17-8-18-35)28(32-26)14-11-22-9-12-23(13-10-22)21(3)4/h9-14,19-21,31,35H,5-8,15-18H2,1-4H3/b14-11+. The van der Waals surface area contributed by atoms with Gasteiger partial charge in [0.05, 0.1) is 16.6 Å². The van der Waals surface area contributed by atoms with Gasteiger partial charge in [0.1, 0.15) is 11.6 Å². The zero-order valence-corrected chi connectivity index (χ0v) is 21.9. The van der Waals surface area contributed by atoms with E-state index in [1.165, 1.54) is 16.2 Å². The van der Waals surface area contributed by atoms with Gasteiger partial charge in [-0.05, 0) is 67.7 Å². The Morgan fingerprint density at radius 2 is 1.83 bits per heavy atom. The lowest BCUT2D eigenvalue weighted by Gasteiger charge is -2.18. The van der Waals surface area contributed by atoms with Gasteiger partial charge < -0.3 is 15.3 Å². The topological polar surface area (TPSA) is 70.4 Å². The molecule has 0 aliphatic rings. The molecular formula is C29H39FN4O2. The van der Waals surface area contributed by atoms with Gasteiger partial charge in [0, 0.05) is 19.7 Å². The lowest BCUT2D eigenvalue weighted by molar-refractivity contribution is 0.278. The van der Waals surface area contributed by atoms with Gasteiger partial charge in [0.25, 0.3) is 5.56 Å². The van der Waals surface area contributed by atoms with E-state index < -0.39 is 5.82 Å². The van der Waals surface area contributed by atoms with Crippen LogP contribution >= 0.6 is 0 Å². The molecule has 0 atom stereocenters. The number of hydrogen-bond donors (Lipinski definition) is 2. The van der Waals surface area contributed by atoms with Crippen molar-refractivity contribution in [2.45, 2.75) is 53.0 Å². The van der Waals surface area contributed by atoms with Crippen molar-refractivity contribution in [3.05, 3.63) is 69.5 Å². The van der Waals surface area contributed by atoms with Crippen LogP contribution in [0.4, 0.5) is 10.1 Å². The van der Waals surface area contributed by atoms with Gasteiger partial charge in [0.2, 0.25) is 0 Å². The maximum Gasteiger partial charge on any atom is 0.261 e. The van der Waals surface area contributed by atoms with Gasteiger partial charge in [-0.2, -0.15) is 0 Å². The SMILES string of the molecule is CCN(CC)CCCNc1cc2nc(/C=C/c3ccc(C(C)C)cc3)n(CCCO)c(=O)c2cc1F. The Labute approximate surface area is 213 Å². The summed E-state index contributed by atoms with van der Waals surface area (Å²) in [6.07, 6.45) is 5.02. The minimum atomic E-state index is -0.466. The third-order valence-electron chi connectivity index (χ3n) is 6.50. The minimum Gasteiger partial charge on any atom is -0.396 e. The van der Waals surface area contributed by atoms with Crippen LogP contribution in [0, 0.1) is 5.82 Å². The van der Waals surface area contributed by atoms with E-state index >= 15 is 0 Å². The molecule has 6 nitrogen and oxygen atoms in total. The fourth-order valence-electron chi connectivity index (χ4n) is 4.19. The highest BCUT2D eigenvalue weighted by atomic mass is 19.1.